The van der Waals surface area contributed by atoms with Gasteiger partial charge in [0.1, 0.15) is 11.6 Å². The van der Waals surface area contributed by atoms with Crippen LogP contribution < -0.4 is 11.1 Å². The second kappa shape index (κ2) is 5.16. The van der Waals surface area contributed by atoms with Crippen molar-refractivity contribution in [3.05, 3.63) is 52.8 Å². The first-order chi connectivity index (χ1) is 8.97. The summed E-state index contributed by atoms with van der Waals surface area (Å²) in [6.45, 7) is 0. The number of nitrogens with two attached hydrogens (primary N) is 1. The molecule has 2 aromatic rings. The summed E-state index contributed by atoms with van der Waals surface area (Å²) in [5.41, 5.74) is 6.00. The zero-order valence-electron chi connectivity index (χ0n) is 9.65. The van der Waals surface area contributed by atoms with Crippen LogP contribution in [0, 0.1) is 5.82 Å². The predicted octanol–water partition coefficient (Wildman–Crippen LogP) is 3.02. The number of carbonyl (C=O) groups excluding carboxylic acids is 1. The second-order valence-corrected chi connectivity index (χ2v) is 4.28. The van der Waals surface area contributed by atoms with Gasteiger partial charge in [-0.05, 0) is 36.4 Å². The van der Waals surface area contributed by atoms with E-state index in [1.807, 2.05) is 0 Å². The summed E-state index contributed by atoms with van der Waals surface area (Å²) >= 11 is 5.67. The fourth-order valence-corrected chi connectivity index (χ4v) is 1.69. The van der Waals surface area contributed by atoms with Crippen molar-refractivity contribution in [3.8, 4) is 5.75 Å². The molecule has 0 spiro atoms. The van der Waals surface area contributed by atoms with Crippen LogP contribution in [0.2, 0.25) is 5.02 Å². The number of anilines is 2. The van der Waals surface area contributed by atoms with Gasteiger partial charge in [0, 0.05) is 5.02 Å². The molecular formula is C13H10ClFN2O2. The van der Waals surface area contributed by atoms with Crippen LogP contribution in [0.15, 0.2) is 36.4 Å². The Kier molecular flexibility index (Phi) is 3.57. The van der Waals surface area contributed by atoms with Gasteiger partial charge in [0.05, 0.1) is 16.9 Å². The number of rotatable bonds is 2. The number of phenols is 1. The highest BCUT2D eigenvalue weighted by Gasteiger charge is 2.13. The van der Waals surface area contributed by atoms with E-state index in [0.29, 0.717) is 5.02 Å². The molecule has 0 atom stereocenters. The number of benzene rings is 2. The van der Waals surface area contributed by atoms with E-state index < -0.39 is 11.7 Å². The van der Waals surface area contributed by atoms with E-state index in [1.54, 1.807) is 0 Å². The van der Waals surface area contributed by atoms with Crippen molar-refractivity contribution < 1.29 is 14.3 Å². The summed E-state index contributed by atoms with van der Waals surface area (Å²) < 4.78 is 13.1. The number of carbonyl (C=O) groups is 1. The van der Waals surface area contributed by atoms with E-state index in [0.717, 1.165) is 6.07 Å². The molecule has 0 aromatic heterocycles. The lowest BCUT2D eigenvalue weighted by atomic mass is 10.1. The number of hydrogen-bond acceptors (Lipinski definition) is 3. The third kappa shape index (κ3) is 2.95. The third-order valence-corrected chi connectivity index (χ3v) is 2.70. The fraction of sp³-hybridized carbons (Fsp3) is 0. The zero-order chi connectivity index (χ0) is 14.0. The van der Waals surface area contributed by atoms with Gasteiger partial charge in [0.15, 0.2) is 0 Å². The van der Waals surface area contributed by atoms with Crippen LogP contribution in [0.25, 0.3) is 0 Å². The molecular weight excluding hydrogens is 271 g/mol. The van der Waals surface area contributed by atoms with Crippen molar-refractivity contribution in [2.24, 2.45) is 0 Å². The Hall–Kier alpha value is -2.27. The van der Waals surface area contributed by atoms with Crippen molar-refractivity contribution in [1.29, 1.82) is 0 Å². The number of amides is 1. The molecule has 0 radical (unpaired) electrons. The van der Waals surface area contributed by atoms with E-state index in [-0.39, 0.29) is 22.7 Å². The fourth-order valence-electron chi connectivity index (χ4n) is 1.52. The van der Waals surface area contributed by atoms with Gasteiger partial charge in [-0.25, -0.2) is 4.39 Å². The van der Waals surface area contributed by atoms with E-state index in [2.05, 4.69) is 5.32 Å². The highest BCUT2D eigenvalue weighted by molar-refractivity contribution is 6.31. The smallest absolute Gasteiger partial charge is 0.259 e. The molecule has 4 nitrogen and oxygen atoms in total. The summed E-state index contributed by atoms with van der Waals surface area (Å²) in [5, 5.41) is 12.3. The molecule has 0 aliphatic heterocycles. The number of hydrogen-bond donors (Lipinski definition) is 3. The quantitative estimate of drug-likeness (QED) is 0.740. The topological polar surface area (TPSA) is 75.3 Å². The Balaban J connectivity index is 2.28. The van der Waals surface area contributed by atoms with Gasteiger partial charge in [0.25, 0.3) is 5.91 Å². The molecule has 2 rings (SSSR count). The highest BCUT2D eigenvalue weighted by Crippen LogP contribution is 2.25. The lowest BCUT2D eigenvalue weighted by Crippen LogP contribution is -2.13. The lowest BCUT2D eigenvalue weighted by Gasteiger charge is -2.09. The first kappa shape index (κ1) is 13.2. The average Bonchev–Trinajstić information content (AvgIpc) is 2.33. The molecule has 19 heavy (non-hydrogen) atoms. The van der Waals surface area contributed by atoms with Crippen LogP contribution in [0.4, 0.5) is 15.8 Å². The predicted molar refractivity (Wildman–Crippen MR) is 71.9 cm³/mol. The maximum absolute atomic E-state index is 13.1. The Labute approximate surface area is 113 Å². The van der Waals surface area contributed by atoms with Crippen LogP contribution in [0.5, 0.6) is 5.75 Å². The van der Waals surface area contributed by atoms with E-state index in [1.165, 1.54) is 30.3 Å². The normalized spacial score (nSPS) is 10.2. The van der Waals surface area contributed by atoms with E-state index in [4.69, 9.17) is 17.3 Å². The minimum atomic E-state index is -0.605. The van der Waals surface area contributed by atoms with Crippen LogP contribution in [-0.4, -0.2) is 11.0 Å². The second-order valence-electron chi connectivity index (χ2n) is 3.85. The number of nitrogens with one attached hydrogen (secondary N) is 1. The molecule has 0 bridgehead atoms. The van der Waals surface area contributed by atoms with Crippen LogP contribution >= 0.6 is 11.6 Å². The summed E-state index contributed by atoms with van der Waals surface area (Å²) in [6, 6.07) is 7.69. The number of aromatic hydroxyl groups is 1. The molecule has 0 unspecified atom stereocenters. The molecule has 0 fully saturated rings. The molecule has 4 N–H and O–H groups in total. The Morgan fingerprint density at radius 1 is 1.26 bits per heavy atom. The van der Waals surface area contributed by atoms with Crippen molar-refractivity contribution in [2.45, 2.75) is 0 Å². The van der Waals surface area contributed by atoms with Gasteiger partial charge in [0.2, 0.25) is 0 Å². The molecule has 0 saturated heterocycles. The van der Waals surface area contributed by atoms with Gasteiger partial charge in [-0.1, -0.05) is 11.6 Å². The molecule has 0 heterocycles. The number of halogens is 2. The first-order valence-electron chi connectivity index (χ1n) is 5.32. The molecule has 1 amide bonds. The maximum Gasteiger partial charge on any atom is 0.259 e. The van der Waals surface area contributed by atoms with E-state index >= 15 is 0 Å². The van der Waals surface area contributed by atoms with Crippen LogP contribution in [0.3, 0.4) is 0 Å². The van der Waals surface area contributed by atoms with Crippen LogP contribution in [0.1, 0.15) is 10.4 Å². The van der Waals surface area contributed by atoms with Crippen molar-refractivity contribution >= 4 is 28.9 Å². The minimum Gasteiger partial charge on any atom is -0.507 e. The Bertz CT molecular complexity index is 647. The molecule has 6 heteroatoms. The van der Waals surface area contributed by atoms with Crippen molar-refractivity contribution in [1.82, 2.24) is 0 Å². The Morgan fingerprint density at radius 3 is 2.68 bits per heavy atom. The standard InChI is InChI=1S/C13H10ClFN2O2/c14-7-1-3-9(12(18)5-7)13(19)17-11-6-8(15)2-4-10(11)16/h1-6,18H,16H2,(H,17,19). The Morgan fingerprint density at radius 2 is 2.00 bits per heavy atom. The molecule has 0 aliphatic rings. The van der Waals surface area contributed by atoms with Crippen molar-refractivity contribution in [2.75, 3.05) is 11.1 Å². The summed E-state index contributed by atoms with van der Waals surface area (Å²) in [4.78, 5) is 11.9. The van der Waals surface area contributed by atoms with Gasteiger partial charge in [-0.2, -0.15) is 0 Å². The molecule has 98 valence electrons. The lowest BCUT2D eigenvalue weighted by molar-refractivity contribution is 0.102. The van der Waals surface area contributed by atoms with Gasteiger partial charge < -0.3 is 16.2 Å². The van der Waals surface area contributed by atoms with Crippen molar-refractivity contribution in [3.63, 3.8) is 0 Å². The molecule has 2 aromatic carbocycles. The summed E-state index contributed by atoms with van der Waals surface area (Å²) in [6.07, 6.45) is 0. The summed E-state index contributed by atoms with van der Waals surface area (Å²) in [5.74, 6) is -1.39. The largest absolute Gasteiger partial charge is 0.507 e. The highest BCUT2D eigenvalue weighted by atomic mass is 35.5. The first-order valence-corrected chi connectivity index (χ1v) is 5.70. The third-order valence-electron chi connectivity index (χ3n) is 2.47. The molecule has 0 saturated carbocycles. The minimum absolute atomic E-state index is 0.0214. The monoisotopic (exact) mass is 280 g/mol. The molecule has 0 aliphatic carbocycles. The summed E-state index contributed by atoms with van der Waals surface area (Å²) in [7, 11) is 0. The SMILES string of the molecule is Nc1ccc(F)cc1NC(=O)c1ccc(Cl)cc1O. The number of phenolic OH excluding ortho intramolecular Hbond substituents is 1. The maximum atomic E-state index is 13.1. The van der Waals surface area contributed by atoms with Crippen LogP contribution in [-0.2, 0) is 0 Å². The van der Waals surface area contributed by atoms with Gasteiger partial charge >= 0.3 is 0 Å². The van der Waals surface area contributed by atoms with E-state index in [9.17, 15) is 14.3 Å². The number of nitrogen functional groups attached to an aromatic ring is 1. The van der Waals surface area contributed by atoms with Gasteiger partial charge in [-0.15, -0.1) is 0 Å². The zero-order valence-corrected chi connectivity index (χ0v) is 10.4. The average molecular weight is 281 g/mol. The van der Waals surface area contributed by atoms with Gasteiger partial charge in [-0.3, -0.25) is 4.79 Å².